The molecular weight excluding hydrogens is 362 g/mol. The lowest BCUT2D eigenvalue weighted by Crippen LogP contribution is -2.12. The molecule has 0 unspecified atom stereocenters. The number of esters is 1. The number of halogens is 1. The van der Waals surface area contributed by atoms with E-state index in [-0.39, 0.29) is 24.7 Å². The van der Waals surface area contributed by atoms with E-state index in [1.165, 1.54) is 97.0 Å². The van der Waals surface area contributed by atoms with Crippen LogP contribution in [0.5, 0.6) is 0 Å². The van der Waals surface area contributed by atoms with Gasteiger partial charge in [-0.2, -0.15) is 0 Å². The molecular formula is C22H44ClNO3. The molecule has 0 saturated carbocycles. The lowest BCUT2D eigenvalue weighted by atomic mass is 10.0. The van der Waals surface area contributed by atoms with E-state index in [4.69, 9.17) is 10.1 Å². The van der Waals surface area contributed by atoms with E-state index in [9.17, 15) is 4.79 Å². The molecule has 162 valence electrons. The predicted molar refractivity (Wildman–Crippen MR) is 117 cm³/mol. The summed E-state index contributed by atoms with van der Waals surface area (Å²) in [6, 6.07) is 0. The SMILES string of the molecule is CCCCCCCCCCCCCCCCCCOC(=N)CC(=O)OC.Cl. The van der Waals surface area contributed by atoms with Crippen LogP contribution < -0.4 is 0 Å². The second-order valence-electron chi connectivity index (χ2n) is 7.33. The van der Waals surface area contributed by atoms with Gasteiger partial charge in [0, 0.05) is 0 Å². The van der Waals surface area contributed by atoms with Gasteiger partial charge in [0.05, 0.1) is 13.7 Å². The first-order valence-corrected chi connectivity index (χ1v) is 11.0. The first kappa shape index (κ1) is 28.4. The summed E-state index contributed by atoms with van der Waals surface area (Å²) < 4.78 is 9.71. The third kappa shape index (κ3) is 23.2. The van der Waals surface area contributed by atoms with Crippen LogP contribution in [0.25, 0.3) is 0 Å². The standard InChI is InChI=1S/C22H43NO3.ClH/c1-3-4-5-6-7-8-9-10-11-12-13-14-15-16-17-18-19-26-21(23)20-22(24)25-2;/h23H,3-20H2,1-2H3;1H. The van der Waals surface area contributed by atoms with Gasteiger partial charge in [0.2, 0.25) is 0 Å². The summed E-state index contributed by atoms with van der Waals surface area (Å²) in [5.74, 6) is -0.403. The Kier molecular flexibility index (Phi) is 24.5. The average molecular weight is 406 g/mol. The normalized spacial score (nSPS) is 10.3. The monoisotopic (exact) mass is 405 g/mol. The number of rotatable bonds is 19. The van der Waals surface area contributed by atoms with Crippen LogP contribution >= 0.6 is 12.4 Å². The van der Waals surface area contributed by atoms with Gasteiger partial charge >= 0.3 is 5.97 Å². The molecule has 5 heteroatoms. The van der Waals surface area contributed by atoms with Crippen molar-refractivity contribution in [1.82, 2.24) is 0 Å². The Morgan fingerprint density at radius 3 is 1.44 bits per heavy atom. The number of hydrogen-bond acceptors (Lipinski definition) is 4. The Morgan fingerprint density at radius 1 is 0.704 bits per heavy atom. The van der Waals surface area contributed by atoms with Gasteiger partial charge in [-0.15, -0.1) is 12.4 Å². The molecule has 0 aliphatic heterocycles. The number of carbonyl (C=O) groups is 1. The summed E-state index contributed by atoms with van der Waals surface area (Å²) in [4.78, 5) is 11.0. The highest BCUT2D eigenvalue weighted by Crippen LogP contribution is 2.13. The molecule has 4 nitrogen and oxygen atoms in total. The Labute approximate surface area is 174 Å². The average Bonchev–Trinajstić information content (AvgIpc) is 2.64. The van der Waals surface area contributed by atoms with Crippen molar-refractivity contribution in [1.29, 1.82) is 5.41 Å². The number of hydrogen-bond donors (Lipinski definition) is 1. The lowest BCUT2D eigenvalue weighted by Gasteiger charge is -2.06. The Bertz CT molecular complexity index is 338. The van der Waals surface area contributed by atoms with Crippen LogP contribution in [0.3, 0.4) is 0 Å². The Morgan fingerprint density at radius 2 is 1.07 bits per heavy atom. The zero-order valence-corrected chi connectivity index (χ0v) is 18.7. The van der Waals surface area contributed by atoms with Gasteiger partial charge in [-0.1, -0.05) is 103 Å². The molecule has 0 saturated heterocycles. The van der Waals surface area contributed by atoms with Crippen LogP contribution in [0, 0.1) is 5.41 Å². The van der Waals surface area contributed by atoms with E-state index in [2.05, 4.69) is 11.7 Å². The zero-order valence-electron chi connectivity index (χ0n) is 17.9. The van der Waals surface area contributed by atoms with Crippen molar-refractivity contribution < 1.29 is 14.3 Å². The van der Waals surface area contributed by atoms with Gasteiger partial charge in [-0.3, -0.25) is 10.2 Å². The van der Waals surface area contributed by atoms with E-state index < -0.39 is 5.97 Å². The summed E-state index contributed by atoms with van der Waals surface area (Å²) in [5.41, 5.74) is 0. The summed E-state index contributed by atoms with van der Waals surface area (Å²) >= 11 is 0. The van der Waals surface area contributed by atoms with E-state index >= 15 is 0 Å². The molecule has 0 atom stereocenters. The summed E-state index contributed by atoms with van der Waals surface area (Å²) in [7, 11) is 1.32. The van der Waals surface area contributed by atoms with E-state index in [1.807, 2.05) is 0 Å². The van der Waals surface area contributed by atoms with E-state index in [1.54, 1.807) is 0 Å². The third-order valence-corrected chi connectivity index (χ3v) is 4.81. The van der Waals surface area contributed by atoms with Crippen LogP contribution in [0.15, 0.2) is 0 Å². The smallest absolute Gasteiger partial charge is 0.314 e. The minimum absolute atomic E-state index is 0. The summed E-state index contributed by atoms with van der Waals surface area (Å²) in [6.07, 6.45) is 21.4. The fraction of sp³-hybridized carbons (Fsp3) is 0.909. The first-order chi connectivity index (χ1) is 12.7. The quantitative estimate of drug-likeness (QED) is 0.107. The van der Waals surface area contributed by atoms with Crippen molar-refractivity contribution in [3.05, 3.63) is 0 Å². The second kappa shape index (κ2) is 23.3. The molecule has 0 aromatic heterocycles. The van der Waals surface area contributed by atoms with Crippen molar-refractivity contribution in [2.45, 2.75) is 116 Å². The van der Waals surface area contributed by atoms with Crippen LogP contribution in [-0.4, -0.2) is 25.6 Å². The van der Waals surface area contributed by atoms with Gasteiger partial charge in [0.15, 0.2) is 5.90 Å². The predicted octanol–water partition coefficient (Wildman–Crippen LogP) is 7.23. The maximum atomic E-state index is 11.0. The fourth-order valence-electron chi connectivity index (χ4n) is 3.10. The van der Waals surface area contributed by atoms with Crippen molar-refractivity contribution in [3.8, 4) is 0 Å². The number of unbranched alkanes of at least 4 members (excludes halogenated alkanes) is 15. The Balaban J connectivity index is 0. The molecule has 0 radical (unpaired) electrons. The molecule has 0 fully saturated rings. The first-order valence-electron chi connectivity index (χ1n) is 11.0. The molecule has 0 spiro atoms. The van der Waals surface area contributed by atoms with Crippen molar-refractivity contribution in [2.75, 3.05) is 13.7 Å². The molecule has 27 heavy (non-hydrogen) atoms. The van der Waals surface area contributed by atoms with Crippen molar-refractivity contribution in [2.24, 2.45) is 0 Å². The topological polar surface area (TPSA) is 59.4 Å². The molecule has 0 aliphatic rings. The number of methoxy groups -OCH3 is 1. The molecule has 0 heterocycles. The molecule has 0 bridgehead atoms. The highest BCUT2D eigenvalue weighted by molar-refractivity contribution is 5.92. The second-order valence-corrected chi connectivity index (χ2v) is 7.33. The van der Waals surface area contributed by atoms with Gasteiger partial charge in [-0.25, -0.2) is 0 Å². The van der Waals surface area contributed by atoms with Gasteiger partial charge in [0.1, 0.15) is 6.42 Å². The Hall–Kier alpha value is -0.770. The van der Waals surface area contributed by atoms with Gasteiger partial charge < -0.3 is 9.47 Å². The highest BCUT2D eigenvalue weighted by atomic mass is 35.5. The minimum Gasteiger partial charge on any atom is -0.481 e. The van der Waals surface area contributed by atoms with Crippen LogP contribution in [0.1, 0.15) is 116 Å². The summed E-state index contributed by atoms with van der Waals surface area (Å²) in [6.45, 7) is 2.81. The van der Waals surface area contributed by atoms with E-state index in [0.717, 1.165) is 12.8 Å². The van der Waals surface area contributed by atoms with Crippen LogP contribution in [0.2, 0.25) is 0 Å². The fourth-order valence-corrected chi connectivity index (χ4v) is 3.10. The number of ether oxygens (including phenoxy) is 2. The maximum Gasteiger partial charge on any atom is 0.314 e. The third-order valence-electron chi connectivity index (χ3n) is 4.81. The molecule has 0 amide bonds. The van der Waals surface area contributed by atoms with Crippen LogP contribution in [0.4, 0.5) is 0 Å². The molecule has 0 aromatic carbocycles. The van der Waals surface area contributed by atoms with Gasteiger partial charge in [-0.05, 0) is 6.42 Å². The lowest BCUT2D eigenvalue weighted by molar-refractivity contribution is -0.139. The van der Waals surface area contributed by atoms with E-state index in [0.29, 0.717) is 6.61 Å². The van der Waals surface area contributed by atoms with Gasteiger partial charge in [0.25, 0.3) is 0 Å². The van der Waals surface area contributed by atoms with Crippen LogP contribution in [-0.2, 0) is 14.3 Å². The maximum absolute atomic E-state index is 11.0. The molecule has 0 aliphatic carbocycles. The highest BCUT2D eigenvalue weighted by Gasteiger charge is 2.06. The molecule has 0 aromatic rings. The minimum atomic E-state index is -0.415. The molecule has 0 rings (SSSR count). The van der Waals surface area contributed by atoms with Crippen molar-refractivity contribution in [3.63, 3.8) is 0 Å². The molecule has 1 N–H and O–H groups in total. The summed E-state index contributed by atoms with van der Waals surface area (Å²) in [5, 5.41) is 7.49. The zero-order chi connectivity index (χ0) is 19.3. The van der Waals surface area contributed by atoms with Crippen molar-refractivity contribution >= 4 is 24.3 Å². The number of nitrogens with one attached hydrogen (secondary N) is 1. The number of carbonyl (C=O) groups excluding carboxylic acids is 1. The largest absolute Gasteiger partial charge is 0.481 e.